The highest BCUT2D eigenvalue weighted by Gasteiger charge is 2.16. The highest BCUT2D eigenvalue weighted by Crippen LogP contribution is 2.11. The number of para-hydroxylation sites is 2. The molecule has 0 saturated carbocycles. The third-order valence-corrected chi connectivity index (χ3v) is 5.68. The smallest absolute Gasteiger partial charge is 0.263 e. The molecule has 0 bridgehead atoms. The summed E-state index contributed by atoms with van der Waals surface area (Å²) in [5.41, 5.74) is 2.65. The molecular weight excluding hydrogens is 394 g/mol. The first kappa shape index (κ1) is 21.3. The van der Waals surface area contributed by atoms with E-state index in [1.165, 1.54) is 0 Å². The average molecular weight is 424 g/mol. The quantitative estimate of drug-likeness (QED) is 0.539. The maximum atomic E-state index is 12.9. The number of ether oxygens (including phenoxy) is 1. The summed E-state index contributed by atoms with van der Waals surface area (Å²) in [7, 11) is 0. The van der Waals surface area contributed by atoms with E-state index in [1.54, 1.807) is 17.7 Å². The number of carbonyl (C=O) groups excluding carboxylic acids is 1. The Hall–Kier alpha value is -2.97. The van der Waals surface area contributed by atoms with Gasteiger partial charge in [0.15, 0.2) is 0 Å². The van der Waals surface area contributed by atoms with Crippen LogP contribution in [0.4, 0.5) is 0 Å². The number of nitrogens with zero attached hydrogens (tertiary/aromatic N) is 3. The monoisotopic (exact) mass is 423 g/mol. The second kappa shape index (κ2) is 9.89. The van der Waals surface area contributed by atoms with E-state index >= 15 is 0 Å². The third-order valence-electron chi connectivity index (χ3n) is 5.68. The largest absolute Gasteiger partial charge is 0.379 e. The van der Waals surface area contributed by atoms with Crippen molar-refractivity contribution in [1.82, 2.24) is 24.8 Å². The molecule has 3 aromatic rings. The molecule has 8 heteroatoms. The minimum atomic E-state index is -0.312. The van der Waals surface area contributed by atoms with Crippen molar-refractivity contribution >= 4 is 16.9 Å². The van der Waals surface area contributed by atoms with Crippen molar-refractivity contribution in [2.24, 2.45) is 0 Å². The average Bonchev–Trinajstić information content (AvgIpc) is 3.20. The summed E-state index contributed by atoms with van der Waals surface area (Å²) in [6.45, 7) is 6.82. The Morgan fingerprint density at radius 2 is 2.00 bits per heavy atom. The first-order valence-electron chi connectivity index (χ1n) is 10.8. The lowest BCUT2D eigenvalue weighted by Gasteiger charge is -2.26. The van der Waals surface area contributed by atoms with Crippen molar-refractivity contribution < 1.29 is 9.53 Å². The number of H-pyrrole nitrogens is 1. The zero-order valence-corrected chi connectivity index (χ0v) is 17.9. The van der Waals surface area contributed by atoms with Crippen LogP contribution in [0.5, 0.6) is 0 Å². The van der Waals surface area contributed by atoms with Gasteiger partial charge in [0.2, 0.25) is 0 Å². The number of nitrogens with one attached hydrogen (secondary N) is 2. The van der Waals surface area contributed by atoms with Crippen LogP contribution >= 0.6 is 0 Å². The topological polar surface area (TPSA) is 92.2 Å². The van der Waals surface area contributed by atoms with E-state index in [1.807, 2.05) is 30.3 Å². The molecule has 1 saturated heterocycles. The molecule has 4 rings (SSSR count). The van der Waals surface area contributed by atoms with E-state index in [0.717, 1.165) is 62.5 Å². The van der Waals surface area contributed by atoms with Crippen LogP contribution in [0, 0.1) is 6.92 Å². The zero-order chi connectivity index (χ0) is 21.6. The van der Waals surface area contributed by atoms with Crippen LogP contribution in [-0.2, 0) is 17.7 Å². The predicted molar refractivity (Wildman–Crippen MR) is 119 cm³/mol. The minimum absolute atomic E-state index is 0.230. The summed E-state index contributed by atoms with van der Waals surface area (Å²) in [4.78, 5) is 35.7. The lowest BCUT2D eigenvalue weighted by atomic mass is 10.1. The lowest BCUT2D eigenvalue weighted by molar-refractivity contribution is 0.0362. The maximum absolute atomic E-state index is 12.9. The van der Waals surface area contributed by atoms with Crippen LogP contribution in [0.2, 0.25) is 0 Å². The van der Waals surface area contributed by atoms with Crippen molar-refractivity contribution in [3.8, 4) is 0 Å². The van der Waals surface area contributed by atoms with Crippen molar-refractivity contribution in [1.29, 1.82) is 0 Å². The summed E-state index contributed by atoms with van der Waals surface area (Å²) in [5, 5.41) is 2.90. The number of benzene rings is 1. The van der Waals surface area contributed by atoms with E-state index in [-0.39, 0.29) is 17.0 Å². The van der Waals surface area contributed by atoms with Crippen LogP contribution in [-0.4, -0.2) is 64.7 Å². The predicted octanol–water partition coefficient (Wildman–Crippen LogP) is 1.73. The molecule has 0 unspecified atom stereocenters. The molecule has 1 aliphatic rings. The van der Waals surface area contributed by atoms with E-state index < -0.39 is 0 Å². The molecule has 0 spiro atoms. The lowest BCUT2D eigenvalue weighted by Crippen LogP contribution is -2.40. The summed E-state index contributed by atoms with van der Waals surface area (Å²) in [5.74, 6) is 0.588. The number of rotatable bonds is 8. The van der Waals surface area contributed by atoms with Gasteiger partial charge in [-0.05, 0) is 37.1 Å². The molecule has 0 atom stereocenters. The number of aromatic amines is 1. The van der Waals surface area contributed by atoms with Gasteiger partial charge in [-0.3, -0.25) is 14.5 Å². The Morgan fingerprint density at radius 3 is 2.81 bits per heavy atom. The molecule has 0 aliphatic carbocycles. The molecule has 3 heterocycles. The van der Waals surface area contributed by atoms with E-state index in [2.05, 4.69) is 20.2 Å². The molecule has 1 amide bonds. The van der Waals surface area contributed by atoms with Gasteiger partial charge in [0, 0.05) is 45.3 Å². The van der Waals surface area contributed by atoms with E-state index in [4.69, 9.17) is 4.74 Å². The number of amides is 1. The summed E-state index contributed by atoms with van der Waals surface area (Å²) in [6.07, 6.45) is 3.24. The van der Waals surface area contributed by atoms with Gasteiger partial charge in [-0.25, -0.2) is 4.98 Å². The van der Waals surface area contributed by atoms with Gasteiger partial charge in [0.25, 0.3) is 11.5 Å². The number of hydrogen-bond donors (Lipinski definition) is 2. The van der Waals surface area contributed by atoms with Crippen LogP contribution in [0.25, 0.3) is 11.0 Å². The highest BCUT2D eigenvalue weighted by atomic mass is 16.5. The van der Waals surface area contributed by atoms with Gasteiger partial charge in [-0.1, -0.05) is 12.1 Å². The van der Waals surface area contributed by atoms with Crippen molar-refractivity contribution in [2.75, 3.05) is 39.4 Å². The molecule has 31 heavy (non-hydrogen) atoms. The van der Waals surface area contributed by atoms with Crippen molar-refractivity contribution in [3.63, 3.8) is 0 Å². The number of fused-ring (bicyclic) bond motifs is 1. The maximum Gasteiger partial charge on any atom is 0.263 e. The number of aryl methyl sites for hydroxylation is 2. The molecule has 1 aliphatic heterocycles. The number of carbonyl (C=O) groups is 1. The standard InChI is InChI=1S/C23H29N5O3/c1-17-8-10-28(12-11-27-13-15-31-16-14-27)23(30)21(17)22(29)24-9-4-7-20-25-18-5-2-3-6-19(18)26-20/h2-3,5-6,8,10H,4,7,9,11-16H2,1H3,(H,24,29)(H,25,26). The number of hydrogen-bond acceptors (Lipinski definition) is 5. The molecular formula is C23H29N5O3. The summed E-state index contributed by atoms with van der Waals surface area (Å²) >= 11 is 0. The second-order valence-electron chi connectivity index (χ2n) is 7.89. The van der Waals surface area contributed by atoms with Gasteiger partial charge >= 0.3 is 0 Å². The highest BCUT2D eigenvalue weighted by molar-refractivity contribution is 5.95. The number of pyridine rings is 1. The van der Waals surface area contributed by atoms with E-state index in [9.17, 15) is 9.59 Å². The molecule has 2 aromatic heterocycles. The number of aromatic nitrogens is 3. The summed E-state index contributed by atoms with van der Waals surface area (Å²) in [6, 6.07) is 9.74. The first-order chi connectivity index (χ1) is 15.1. The van der Waals surface area contributed by atoms with Crippen LogP contribution in [0.1, 0.15) is 28.2 Å². The van der Waals surface area contributed by atoms with Gasteiger partial charge < -0.3 is 19.6 Å². The molecule has 2 N–H and O–H groups in total. The third kappa shape index (κ3) is 5.21. The minimum Gasteiger partial charge on any atom is -0.379 e. The molecule has 1 fully saturated rings. The van der Waals surface area contributed by atoms with Gasteiger partial charge in [-0.2, -0.15) is 0 Å². The normalized spacial score (nSPS) is 14.7. The van der Waals surface area contributed by atoms with Gasteiger partial charge in [0.05, 0.1) is 24.2 Å². The van der Waals surface area contributed by atoms with Crippen molar-refractivity contribution in [2.45, 2.75) is 26.3 Å². The fourth-order valence-corrected chi connectivity index (χ4v) is 3.86. The van der Waals surface area contributed by atoms with Crippen LogP contribution < -0.4 is 10.9 Å². The zero-order valence-electron chi connectivity index (χ0n) is 17.9. The fraction of sp³-hybridized carbons (Fsp3) is 0.435. The van der Waals surface area contributed by atoms with E-state index in [0.29, 0.717) is 18.7 Å². The van der Waals surface area contributed by atoms with Gasteiger partial charge in [0.1, 0.15) is 11.4 Å². The molecule has 164 valence electrons. The van der Waals surface area contributed by atoms with Crippen LogP contribution in [0.3, 0.4) is 0 Å². The van der Waals surface area contributed by atoms with Crippen molar-refractivity contribution in [3.05, 3.63) is 63.8 Å². The Morgan fingerprint density at radius 1 is 1.19 bits per heavy atom. The molecule has 0 radical (unpaired) electrons. The Balaban J connectivity index is 1.32. The number of imidazole rings is 1. The number of morpholine rings is 1. The Bertz CT molecular complexity index is 1070. The Kier molecular flexibility index (Phi) is 6.79. The van der Waals surface area contributed by atoms with Gasteiger partial charge in [-0.15, -0.1) is 0 Å². The fourth-order valence-electron chi connectivity index (χ4n) is 3.86. The van der Waals surface area contributed by atoms with Crippen LogP contribution in [0.15, 0.2) is 41.3 Å². The SMILES string of the molecule is Cc1ccn(CCN2CCOCC2)c(=O)c1C(=O)NCCCc1nc2ccccc2[nH]1. The Labute approximate surface area is 181 Å². The molecule has 8 nitrogen and oxygen atoms in total. The first-order valence-corrected chi connectivity index (χ1v) is 10.8. The summed E-state index contributed by atoms with van der Waals surface area (Å²) < 4.78 is 6.99. The molecule has 1 aromatic carbocycles. The second-order valence-corrected chi connectivity index (χ2v) is 7.89.